The number of nitrogens with zero attached hydrogens (tertiary/aromatic N) is 2. The molecule has 1 atom stereocenters. The van der Waals surface area contributed by atoms with Crippen LogP contribution in [0.5, 0.6) is 0 Å². The largest absolute Gasteiger partial charge is 0.419 e. The number of ether oxygens (including phenoxy) is 1. The molecule has 0 saturated carbocycles. The molecule has 10 heteroatoms. The summed E-state index contributed by atoms with van der Waals surface area (Å²) in [5.74, 6) is 0.325. The van der Waals surface area contributed by atoms with Gasteiger partial charge in [-0.25, -0.2) is 8.42 Å². The molecule has 0 spiro atoms. The molecule has 0 aliphatic carbocycles. The van der Waals surface area contributed by atoms with Crippen molar-refractivity contribution in [3.8, 4) is 11.5 Å². The molecule has 2 aromatic carbocycles. The molecule has 1 unspecified atom stereocenters. The van der Waals surface area contributed by atoms with Crippen LogP contribution >= 0.6 is 22.9 Å². The van der Waals surface area contributed by atoms with E-state index in [0.717, 1.165) is 13.1 Å². The number of sulfone groups is 1. The van der Waals surface area contributed by atoms with Crippen LogP contribution in [0.15, 0.2) is 86.4 Å². The van der Waals surface area contributed by atoms with Crippen molar-refractivity contribution in [3.05, 3.63) is 82.0 Å². The van der Waals surface area contributed by atoms with Gasteiger partial charge in [0.05, 0.1) is 24.2 Å². The number of hydrogen-bond donors (Lipinski definition) is 1. The Morgan fingerprint density at radius 3 is 2.46 bits per heavy atom. The molecule has 182 valence electrons. The SMILES string of the molecule is O=S(=O)(c1ccccc1)c1nc(-c2ccc(Cl)cc2)oc1NCC(c1cccs1)N1CCOCC1. The maximum Gasteiger partial charge on any atom is 0.233 e. The summed E-state index contributed by atoms with van der Waals surface area (Å²) < 4.78 is 38.6. The molecule has 4 aromatic rings. The zero-order valence-corrected chi connectivity index (χ0v) is 21.2. The van der Waals surface area contributed by atoms with Crippen LogP contribution in [-0.4, -0.2) is 51.1 Å². The molecular formula is C25H24ClN3O4S2. The van der Waals surface area contributed by atoms with E-state index in [4.69, 9.17) is 20.8 Å². The summed E-state index contributed by atoms with van der Waals surface area (Å²) in [5.41, 5.74) is 0.634. The van der Waals surface area contributed by atoms with Gasteiger partial charge in [-0.05, 0) is 47.8 Å². The van der Waals surface area contributed by atoms with E-state index in [-0.39, 0.29) is 27.7 Å². The summed E-state index contributed by atoms with van der Waals surface area (Å²) in [6.07, 6.45) is 0. The first-order valence-electron chi connectivity index (χ1n) is 11.2. The highest BCUT2D eigenvalue weighted by Crippen LogP contribution is 2.34. The molecule has 1 fully saturated rings. The number of benzene rings is 2. The first kappa shape index (κ1) is 24.0. The molecule has 2 aromatic heterocycles. The fraction of sp³-hybridized carbons (Fsp3) is 0.240. The van der Waals surface area contributed by atoms with E-state index in [2.05, 4.69) is 21.3 Å². The third-order valence-electron chi connectivity index (χ3n) is 5.81. The average Bonchev–Trinajstić information content (AvgIpc) is 3.57. The van der Waals surface area contributed by atoms with Crippen LogP contribution in [0.25, 0.3) is 11.5 Å². The summed E-state index contributed by atoms with van der Waals surface area (Å²) in [5, 5.41) is 5.74. The number of morpholine rings is 1. The van der Waals surface area contributed by atoms with E-state index in [0.29, 0.717) is 30.3 Å². The third kappa shape index (κ3) is 5.29. The van der Waals surface area contributed by atoms with Gasteiger partial charge in [0.15, 0.2) is 0 Å². The molecule has 35 heavy (non-hydrogen) atoms. The van der Waals surface area contributed by atoms with Crippen LogP contribution in [0.2, 0.25) is 5.02 Å². The Bertz CT molecular complexity index is 1350. The first-order valence-corrected chi connectivity index (χ1v) is 13.9. The van der Waals surface area contributed by atoms with E-state index in [1.807, 2.05) is 11.4 Å². The normalized spacial score (nSPS) is 15.7. The van der Waals surface area contributed by atoms with Gasteiger partial charge in [-0.3, -0.25) is 4.90 Å². The fourth-order valence-electron chi connectivity index (χ4n) is 4.00. The third-order valence-corrected chi connectivity index (χ3v) is 8.71. The standard InChI is InChI=1S/C25H24ClN3O4S2/c26-19-10-8-18(9-11-19)23-28-25(35(30,31)20-5-2-1-3-6-20)24(33-23)27-17-21(22-7-4-16-34-22)29-12-14-32-15-13-29/h1-11,16,21,27H,12-15,17H2. The number of rotatable bonds is 8. The number of aromatic nitrogens is 1. The summed E-state index contributed by atoms with van der Waals surface area (Å²) in [6, 6.07) is 19.3. The van der Waals surface area contributed by atoms with Crippen LogP contribution in [0.4, 0.5) is 5.88 Å². The van der Waals surface area contributed by atoms with Gasteiger partial charge >= 0.3 is 0 Å². The van der Waals surface area contributed by atoms with Crippen molar-refractivity contribution in [1.29, 1.82) is 0 Å². The second-order valence-corrected chi connectivity index (χ2v) is 11.3. The average molecular weight is 530 g/mol. The van der Waals surface area contributed by atoms with Crippen molar-refractivity contribution >= 4 is 38.7 Å². The minimum atomic E-state index is -3.92. The Hall–Kier alpha value is -2.69. The maximum atomic E-state index is 13.5. The number of nitrogens with one attached hydrogen (secondary N) is 1. The predicted octanol–water partition coefficient (Wildman–Crippen LogP) is 5.37. The zero-order chi connectivity index (χ0) is 24.3. The van der Waals surface area contributed by atoms with Gasteiger partial charge in [0.2, 0.25) is 26.6 Å². The lowest BCUT2D eigenvalue weighted by atomic mass is 10.2. The number of halogens is 1. The van der Waals surface area contributed by atoms with Crippen molar-refractivity contribution in [1.82, 2.24) is 9.88 Å². The second-order valence-electron chi connectivity index (χ2n) is 8.04. The second kappa shape index (κ2) is 10.5. The highest BCUT2D eigenvalue weighted by atomic mass is 35.5. The van der Waals surface area contributed by atoms with E-state index >= 15 is 0 Å². The summed E-state index contributed by atoms with van der Waals surface area (Å²) in [6.45, 7) is 3.38. The molecule has 0 amide bonds. The molecule has 1 aliphatic heterocycles. The van der Waals surface area contributed by atoms with Gasteiger partial charge in [0.1, 0.15) is 0 Å². The smallest absolute Gasteiger partial charge is 0.233 e. The molecule has 7 nitrogen and oxygen atoms in total. The van der Waals surface area contributed by atoms with Crippen LogP contribution in [-0.2, 0) is 14.6 Å². The highest BCUT2D eigenvalue weighted by molar-refractivity contribution is 7.91. The molecule has 0 bridgehead atoms. The maximum absolute atomic E-state index is 13.5. The van der Waals surface area contributed by atoms with Gasteiger partial charge in [-0.2, -0.15) is 4.98 Å². The van der Waals surface area contributed by atoms with Crippen LogP contribution < -0.4 is 5.32 Å². The van der Waals surface area contributed by atoms with E-state index < -0.39 is 9.84 Å². The monoisotopic (exact) mass is 529 g/mol. The van der Waals surface area contributed by atoms with Gasteiger partial charge < -0.3 is 14.5 Å². The molecule has 1 aliphatic rings. The van der Waals surface area contributed by atoms with Crippen molar-refractivity contribution in [2.75, 3.05) is 38.2 Å². The number of anilines is 1. The predicted molar refractivity (Wildman–Crippen MR) is 137 cm³/mol. The van der Waals surface area contributed by atoms with Gasteiger partial charge in [0.25, 0.3) is 0 Å². The molecule has 3 heterocycles. The van der Waals surface area contributed by atoms with Crippen molar-refractivity contribution in [3.63, 3.8) is 0 Å². The first-order chi connectivity index (χ1) is 17.0. The van der Waals surface area contributed by atoms with Gasteiger partial charge in [-0.15, -0.1) is 11.3 Å². The van der Waals surface area contributed by atoms with Crippen molar-refractivity contribution < 1.29 is 17.6 Å². The van der Waals surface area contributed by atoms with Crippen LogP contribution in [0.1, 0.15) is 10.9 Å². The zero-order valence-electron chi connectivity index (χ0n) is 18.8. The van der Waals surface area contributed by atoms with E-state index in [9.17, 15) is 8.42 Å². The number of oxazole rings is 1. The Balaban J connectivity index is 1.50. The molecule has 0 radical (unpaired) electrons. The Morgan fingerprint density at radius 2 is 1.77 bits per heavy atom. The van der Waals surface area contributed by atoms with Gasteiger partial charge in [-0.1, -0.05) is 35.9 Å². The Labute approximate surface area is 213 Å². The lowest BCUT2D eigenvalue weighted by molar-refractivity contribution is 0.0193. The minimum Gasteiger partial charge on any atom is -0.419 e. The van der Waals surface area contributed by atoms with Gasteiger partial charge in [0, 0.05) is 35.1 Å². The van der Waals surface area contributed by atoms with E-state index in [1.54, 1.807) is 65.9 Å². The van der Waals surface area contributed by atoms with E-state index in [1.165, 1.54) is 4.88 Å². The van der Waals surface area contributed by atoms with Crippen LogP contribution in [0.3, 0.4) is 0 Å². The Morgan fingerprint density at radius 1 is 1.03 bits per heavy atom. The van der Waals surface area contributed by atoms with Crippen molar-refractivity contribution in [2.45, 2.75) is 16.0 Å². The Kier molecular flexibility index (Phi) is 7.22. The lowest BCUT2D eigenvalue weighted by Gasteiger charge is -2.34. The molecular weight excluding hydrogens is 506 g/mol. The fourth-order valence-corrected chi connectivity index (χ4v) is 6.28. The number of hydrogen-bond acceptors (Lipinski definition) is 8. The van der Waals surface area contributed by atoms with Crippen molar-refractivity contribution in [2.24, 2.45) is 0 Å². The summed E-state index contributed by atoms with van der Waals surface area (Å²) in [4.78, 5) is 8.10. The van der Waals surface area contributed by atoms with Crippen LogP contribution in [0, 0.1) is 0 Å². The molecule has 1 saturated heterocycles. The topological polar surface area (TPSA) is 84.7 Å². The summed E-state index contributed by atoms with van der Waals surface area (Å²) >= 11 is 7.69. The lowest BCUT2D eigenvalue weighted by Crippen LogP contribution is -2.41. The number of thiophene rings is 1. The summed E-state index contributed by atoms with van der Waals surface area (Å²) in [7, 11) is -3.92. The quantitative estimate of drug-likeness (QED) is 0.328. The highest BCUT2D eigenvalue weighted by Gasteiger charge is 2.30. The minimum absolute atomic E-state index is 0.0373. The molecule has 5 rings (SSSR count). The molecule has 1 N–H and O–H groups in total.